The van der Waals surface area contributed by atoms with Crippen molar-refractivity contribution in [1.82, 2.24) is 30.5 Å². The summed E-state index contributed by atoms with van der Waals surface area (Å²) in [7, 11) is 1.92. The molecule has 3 atom stereocenters. The number of aryl methyl sites for hydroxylation is 1. The summed E-state index contributed by atoms with van der Waals surface area (Å²) in [6.07, 6.45) is 7.60. The molecule has 2 fully saturated rings. The van der Waals surface area contributed by atoms with Crippen molar-refractivity contribution in [2.75, 3.05) is 44.2 Å². The minimum Gasteiger partial charge on any atom is -0.393 e. The number of carbonyl (C=O) groups excluding carboxylic acids is 2. The molecule has 1 aromatic carbocycles. The Hall–Kier alpha value is -3.70. The molecule has 0 saturated carbocycles. The maximum absolute atomic E-state index is 14.0. The Bertz CT molecular complexity index is 1400. The van der Waals surface area contributed by atoms with E-state index >= 15 is 0 Å². The van der Waals surface area contributed by atoms with Crippen molar-refractivity contribution in [3.63, 3.8) is 0 Å². The molecule has 2 aliphatic heterocycles. The van der Waals surface area contributed by atoms with Gasteiger partial charge < -0.3 is 30.1 Å². The number of hydrogen-bond donors (Lipinski definition) is 3. The van der Waals surface area contributed by atoms with E-state index in [1.807, 2.05) is 30.8 Å². The smallest absolute Gasteiger partial charge is 0.224 e. The van der Waals surface area contributed by atoms with E-state index in [9.17, 15) is 14.7 Å². The molecular formula is C36H53N7O4. The number of piperidine rings is 2. The first-order valence-corrected chi connectivity index (χ1v) is 17.4. The van der Waals surface area contributed by atoms with Gasteiger partial charge in [-0.05, 0) is 74.5 Å². The summed E-state index contributed by atoms with van der Waals surface area (Å²) in [6.45, 7) is 11.7. The number of aliphatic hydroxyl groups excluding tert-OH is 1. The minimum absolute atomic E-state index is 0.0259. The summed E-state index contributed by atoms with van der Waals surface area (Å²) in [5.41, 5.74) is 3.13. The monoisotopic (exact) mass is 647 g/mol. The molecule has 2 aliphatic rings. The molecule has 4 heterocycles. The Morgan fingerprint density at radius 2 is 1.79 bits per heavy atom. The van der Waals surface area contributed by atoms with E-state index < -0.39 is 0 Å². The molecule has 3 N–H and O–H groups in total. The molecule has 11 nitrogen and oxygen atoms in total. The highest BCUT2D eigenvalue weighted by atomic mass is 16.5. The van der Waals surface area contributed by atoms with Crippen LogP contribution in [0.2, 0.25) is 0 Å². The molecule has 0 spiro atoms. The van der Waals surface area contributed by atoms with Crippen LogP contribution in [0.1, 0.15) is 82.6 Å². The summed E-state index contributed by atoms with van der Waals surface area (Å²) in [6, 6.07) is 12.1. The van der Waals surface area contributed by atoms with Crippen LogP contribution in [0.4, 0.5) is 5.82 Å². The third-order valence-corrected chi connectivity index (χ3v) is 10.2. The van der Waals surface area contributed by atoms with Crippen LogP contribution in [-0.2, 0) is 16.6 Å². The number of aromatic nitrogens is 3. The predicted octanol–water partition coefficient (Wildman–Crippen LogP) is 4.51. The van der Waals surface area contributed by atoms with Gasteiger partial charge in [-0.25, -0.2) is 0 Å². The molecule has 3 unspecified atom stereocenters. The maximum atomic E-state index is 14.0. The van der Waals surface area contributed by atoms with Gasteiger partial charge in [-0.3, -0.25) is 14.3 Å². The van der Waals surface area contributed by atoms with Crippen molar-refractivity contribution in [3.8, 4) is 11.3 Å². The third kappa shape index (κ3) is 9.01. The molecule has 2 saturated heterocycles. The minimum atomic E-state index is -0.353. The molecule has 47 heavy (non-hydrogen) atoms. The Balaban J connectivity index is 1.24. The largest absolute Gasteiger partial charge is 0.393 e. The highest BCUT2D eigenvalue weighted by Gasteiger charge is 2.36. The Labute approximate surface area is 279 Å². The topological polar surface area (TPSA) is 129 Å². The number of nitrogens with one attached hydrogen (secondary N) is 2. The fourth-order valence-corrected chi connectivity index (χ4v) is 7.35. The number of carbonyl (C=O) groups is 2. The van der Waals surface area contributed by atoms with Crippen LogP contribution in [0.15, 0.2) is 47.1 Å². The molecule has 2 amide bonds. The average molecular weight is 648 g/mol. The number of likely N-dealkylation sites (tertiary alicyclic amines) is 1. The first-order chi connectivity index (χ1) is 22.7. The number of nitrogens with zero attached hydrogens (tertiary/aromatic N) is 5. The number of benzene rings is 1. The molecule has 5 rings (SSSR count). The summed E-state index contributed by atoms with van der Waals surface area (Å²) in [5.74, 6) is 1.81. The molecule has 0 bridgehead atoms. The summed E-state index contributed by atoms with van der Waals surface area (Å²) in [5, 5.41) is 24.6. The standard InChI is InChI=1S/C36H53N7O4/c1-25(2)35(33-22-34(40-47-33)43-20-12-27(13-21-43)23-42-18-14-30(45)15-19-42)31(6-5-16-37-24-44)36(46)39-26(3)28-7-9-29(10-8-28)32-11-17-38-41(32)4/h7-11,17,22,24-27,30-31,35,45H,5-6,12-16,18-21,23H2,1-4H3,(H,37,44)(H,39,46). The van der Waals surface area contributed by atoms with Crippen molar-refractivity contribution in [3.05, 3.63) is 53.9 Å². The Morgan fingerprint density at radius 3 is 2.43 bits per heavy atom. The van der Waals surface area contributed by atoms with Gasteiger partial charge in [-0.1, -0.05) is 43.3 Å². The van der Waals surface area contributed by atoms with E-state index in [0.717, 1.165) is 86.8 Å². The van der Waals surface area contributed by atoms with E-state index in [-0.39, 0.29) is 35.8 Å². The van der Waals surface area contributed by atoms with Crippen molar-refractivity contribution < 1.29 is 19.2 Å². The average Bonchev–Trinajstić information content (AvgIpc) is 3.73. The van der Waals surface area contributed by atoms with Crippen molar-refractivity contribution in [1.29, 1.82) is 0 Å². The van der Waals surface area contributed by atoms with E-state index in [0.29, 0.717) is 31.7 Å². The second kappa shape index (κ2) is 16.4. The van der Waals surface area contributed by atoms with Crippen LogP contribution in [0.25, 0.3) is 11.3 Å². The molecule has 256 valence electrons. The van der Waals surface area contributed by atoms with Gasteiger partial charge in [0.1, 0.15) is 5.76 Å². The molecule has 0 aliphatic carbocycles. The summed E-state index contributed by atoms with van der Waals surface area (Å²) < 4.78 is 7.87. The molecule has 2 aromatic heterocycles. The first kappa shape index (κ1) is 34.6. The van der Waals surface area contributed by atoms with Gasteiger partial charge in [0, 0.05) is 70.4 Å². The van der Waals surface area contributed by atoms with Crippen LogP contribution < -0.4 is 15.5 Å². The van der Waals surface area contributed by atoms with Crippen LogP contribution in [0.3, 0.4) is 0 Å². The number of amides is 2. The van der Waals surface area contributed by atoms with Crippen LogP contribution in [0.5, 0.6) is 0 Å². The van der Waals surface area contributed by atoms with E-state index in [1.165, 1.54) is 0 Å². The first-order valence-electron chi connectivity index (χ1n) is 17.4. The van der Waals surface area contributed by atoms with Crippen LogP contribution in [0, 0.1) is 17.8 Å². The fourth-order valence-electron chi connectivity index (χ4n) is 7.35. The summed E-state index contributed by atoms with van der Waals surface area (Å²) in [4.78, 5) is 29.8. The lowest BCUT2D eigenvalue weighted by atomic mass is 9.78. The second-order valence-electron chi connectivity index (χ2n) is 13.8. The second-order valence-corrected chi connectivity index (χ2v) is 13.8. The lowest BCUT2D eigenvalue weighted by Gasteiger charge is -2.36. The van der Waals surface area contributed by atoms with Crippen LogP contribution in [-0.4, -0.2) is 82.6 Å². The SMILES string of the molecule is CC(NC(=O)C(CCCNC=O)C(c1cc(N2CCC(CN3CCC(O)CC3)CC2)no1)C(C)C)c1ccc(-c2ccnn2C)cc1. The zero-order valence-corrected chi connectivity index (χ0v) is 28.5. The van der Waals surface area contributed by atoms with Gasteiger partial charge in [0.25, 0.3) is 0 Å². The van der Waals surface area contributed by atoms with Gasteiger partial charge in [-0.2, -0.15) is 5.10 Å². The number of aliphatic hydroxyl groups is 1. The quantitative estimate of drug-likeness (QED) is 0.162. The van der Waals surface area contributed by atoms with Gasteiger partial charge in [0.05, 0.1) is 17.8 Å². The van der Waals surface area contributed by atoms with Gasteiger partial charge in [0.2, 0.25) is 12.3 Å². The highest BCUT2D eigenvalue weighted by molar-refractivity contribution is 5.80. The Kier molecular flexibility index (Phi) is 12.1. The van der Waals surface area contributed by atoms with E-state index in [1.54, 1.807) is 6.20 Å². The zero-order chi connectivity index (χ0) is 33.3. The van der Waals surface area contributed by atoms with E-state index in [4.69, 9.17) is 4.52 Å². The van der Waals surface area contributed by atoms with Crippen LogP contribution >= 0.6 is 0 Å². The van der Waals surface area contributed by atoms with Gasteiger partial charge >= 0.3 is 0 Å². The van der Waals surface area contributed by atoms with Crippen molar-refractivity contribution in [2.24, 2.45) is 24.8 Å². The summed E-state index contributed by atoms with van der Waals surface area (Å²) >= 11 is 0. The Morgan fingerprint density at radius 1 is 1.06 bits per heavy atom. The highest BCUT2D eigenvalue weighted by Crippen LogP contribution is 2.38. The fraction of sp³-hybridized carbons (Fsp3) is 0.611. The predicted molar refractivity (Wildman–Crippen MR) is 183 cm³/mol. The van der Waals surface area contributed by atoms with Gasteiger partial charge in [-0.15, -0.1) is 0 Å². The zero-order valence-electron chi connectivity index (χ0n) is 28.5. The number of rotatable bonds is 15. The molecule has 3 aromatic rings. The molecular weight excluding hydrogens is 594 g/mol. The lowest BCUT2D eigenvalue weighted by Crippen LogP contribution is -2.42. The molecule has 0 radical (unpaired) electrons. The van der Waals surface area contributed by atoms with Crippen molar-refractivity contribution in [2.45, 2.75) is 77.4 Å². The number of anilines is 1. The molecule has 11 heteroatoms. The third-order valence-electron chi connectivity index (χ3n) is 10.2. The van der Waals surface area contributed by atoms with Gasteiger partial charge in [0.15, 0.2) is 5.82 Å². The lowest BCUT2D eigenvalue weighted by molar-refractivity contribution is -0.127. The normalized spacial score (nSPS) is 18.6. The van der Waals surface area contributed by atoms with E-state index in [2.05, 4.69) is 68.8 Å². The van der Waals surface area contributed by atoms with Crippen molar-refractivity contribution >= 4 is 18.1 Å². The number of hydrogen-bond acceptors (Lipinski definition) is 8. The maximum Gasteiger partial charge on any atom is 0.224 e.